The SMILES string of the molecule is CCOC(=O)c1cnc2cc(C(F)(F)F)ccc2c1Nc1ccccc1C(N)=O. The fraction of sp³-hybridized carbons (Fsp3) is 0.150. The van der Waals surface area contributed by atoms with E-state index in [0.29, 0.717) is 0 Å². The van der Waals surface area contributed by atoms with Crippen molar-refractivity contribution >= 4 is 34.2 Å². The third-order valence-electron chi connectivity index (χ3n) is 4.14. The van der Waals surface area contributed by atoms with Gasteiger partial charge in [0.05, 0.1) is 34.6 Å². The maximum Gasteiger partial charge on any atom is 0.416 e. The maximum atomic E-state index is 13.0. The van der Waals surface area contributed by atoms with Gasteiger partial charge in [0, 0.05) is 11.6 Å². The predicted octanol–water partition coefficient (Wildman–Crippen LogP) is 4.27. The van der Waals surface area contributed by atoms with E-state index in [-0.39, 0.29) is 40.0 Å². The van der Waals surface area contributed by atoms with Crippen LogP contribution in [0.3, 0.4) is 0 Å². The normalized spacial score (nSPS) is 11.3. The zero-order valence-corrected chi connectivity index (χ0v) is 15.2. The quantitative estimate of drug-likeness (QED) is 0.621. The number of halogens is 3. The number of amides is 1. The number of ether oxygens (including phenoxy) is 1. The molecule has 29 heavy (non-hydrogen) atoms. The molecule has 0 aliphatic carbocycles. The molecular weight excluding hydrogens is 387 g/mol. The molecule has 0 unspecified atom stereocenters. The molecule has 0 atom stereocenters. The number of esters is 1. The highest BCUT2D eigenvalue weighted by Crippen LogP contribution is 2.35. The topological polar surface area (TPSA) is 94.3 Å². The van der Waals surface area contributed by atoms with Crippen LogP contribution in [0.15, 0.2) is 48.7 Å². The lowest BCUT2D eigenvalue weighted by Crippen LogP contribution is -2.14. The molecule has 150 valence electrons. The lowest BCUT2D eigenvalue weighted by atomic mass is 10.1. The van der Waals surface area contributed by atoms with Crippen molar-refractivity contribution in [3.05, 3.63) is 65.4 Å². The Hall–Kier alpha value is -3.62. The lowest BCUT2D eigenvalue weighted by Gasteiger charge is -2.16. The number of fused-ring (bicyclic) bond motifs is 1. The number of nitrogens with one attached hydrogen (secondary N) is 1. The Morgan fingerprint density at radius 2 is 1.86 bits per heavy atom. The van der Waals surface area contributed by atoms with Gasteiger partial charge in [0.25, 0.3) is 5.91 Å². The Balaban J connectivity index is 2.22. The number of nitrogens with two attached hydrogens (primary N) is 1. The van der Waals surface area contributed by atoms with E-state index in [0.717, 1.165) is 18.3 Å². The van der Waals surface area contributed by atoms with Gasteiger partial charge in [0.1, 0.15) is 5.56 Å². The van der Waals surface area contributed by atoms with Crippen LogP contribution >= 0.6 is 0 Å². The summed E-state index contributed by atoms with van der Waals surface area (Å²) in [5, 5.41) is 3.19. The summed E-state index contributed by atoms with van der Waals surface area (Å²) in [5.41, 5.74) is 5.15. The van der Waals surface area contributed by atoms with E-state index in [1.807, 2.05) is 0 Å². The summed E-state index contributed by atoms with van der Waals surface area (Å²) >= 11 is 0. The molecule has 0 saturated heterocycles. The molecule has 0 fully saturated rings. The van der Waals surface area contributed by atoms with Crippen molar-refractivity contribution in [1.29, 1.82) is 0 Å². The molecule has 3 aromatic rings. The van der Waals surface area contributed by atoms with Gasteiger partial charge < -0.3 is 15.8 Å². The van der Waals surface area contributed by atoms with Gasteiger partial charge in [0.15, 0.2) is 0 Å². The highest BCUT2D eigenvalue weighted by atomic mass is 19.4. The summed E-state index contributed by atoms with van der Waals surface area (Å²) in [6.45, 7) is 1.72. The molecule has 0 aliphatic rings. The highest BCUT2D eigenvalue weighted by molar-refractivity contribution is 6.07. The van der Waals surface area contributed by atoms with Gasteiger partial charge in [-0.15, -0.1) is 0 Å². The Morgan fingerprint density at radius 1 is 1.14 bits per heavy atom. The molecule has 1 heterocycles. The first-order chi connectivity index (χ1) is 13.7. The first-order valence-corrected chi connectivity index (χ1v) is 8.55. The number of aromatic nitrogens is 1. The third-order valence-corrected chi connectivity index (χ3v) is 4.14. The minimum absolute atomic E-state index is 0.0124. The van der Waals surface area contributed by atoms with Crippen molar-refractivity contribution in [2.45, 2.75) is 13.1 Å². The van der Waals surface area contributed by atoms with Crippen LogP contribution in [-0.2, 0) is 10.9 Å². The molecule has 9 heteroatoms. The molecular formula is C20H16F3N3O3. The molecule has 2 aromatic carbocycles. The molecule has 3 rings (SSSR count). The fourth-order valence-corrected chi connectivity index (χ4v) is 2.81. The van der Waals surface area contributed by atoms with Crippen LogP contribution in [-0.4, -0.2) is 23.5 Å². The second-order valence-electron chi connectivity index (χ2n) is 6.03. The minimum atomic E-state index is -4.54. The average Bonchev–Trinajstić information content (AvgIpc) is 2.67. The zero-order chi connectivity index (χ0) is 21.2. The van der Waals surface area contributed by atoms with E-state index in [2.05, 4.69) is 10.3 Å². The number of carbonyl (C=O) groups is 2. The Morgan fingerprint density at radius 3 is 2.52 bits per heavy atom. The second-order valence-corrected chi connectivity index (χ2v) is 6.03. The van der Waals surface area contributed by atoms with Crippen LogP contribution < -0.4 is 11.1 Å². The monoisotopic (exact) mass is 403 g/mol. The van der Waals surface area contributed by atoms with Crippen LogP contribution in [0, 0.1) is 0 Å². The number of anilines is 2. The summed E-state index contributed by atoms with van der Waals surface area (Å²) < 4.78 is 44.2. The van der Waals surface area contributed by atoms with E-state index in [1.54, 1.807) is 25.1 Å². The van der Waals surface area contributed by atoms with Gasteiger partial charge in [-0.3, -0.25) is 9.78 Å². The van der Waals surface area contributed by atoms with E-state index in [9.17, 15) is 22.8 Å². The summed E-state index contributed by atoms with van der Waals surface area (Å²) in [6, 6.07) is 9.29. The molecule has 1 amide bonds. The van der Waals surface area contributed by atoms with Crippen molar-refractivity contribution in [1.82, 2.24) is 4.98 Å². The molecule has 0 saturated carbocycles. The van der Waals surface area contributed by atoms with Crippen LogP contribution in [0.25, 0.3) is 10.9 Å². The average molecular weight is 403 g/mol. The minimum Gasteiger partial charge on any atom is -0.462 e. The Bertz CT molecular complexity index is 1100. The summed E-state index contributed by atoms with van der Waals surface area (Å²) in [4.78, 5) is 28.1. The number of para-hydroxylation sites is 1. The van der Waals surface area contributed by atoms with Gasteiger partial charge in [-0.1, -0.05) is 18.2 Å². The van der Waals surface area contributed by atoms with Crippen molar-refractivity contribution in [3.63, 3.8) is 0 Å². The van der Waals surface area contributed by atoms with E-state index >= 15 is 0 Å². The van der Waals surface area contributed by atoms with Gasteiger partial charge in [-0.05, 0) is 31.2 Å². The number of carbonyl (C=O) groups excluding carboxylic acids is 2. The van der Waals surface area contributed by atoms with Crippen molar-refractivity contribution < 1.29 is 27.5 Å². The second kappa shape index (κ2) is 7.78. The first-order valence-electron chi connectivity index (χ1n) is 8.55. The van der Waals surface area contributed by atoms with Crippen LogP contribution in [0.1, 0.15) is 33.2 Å². The molecule has 6 nitrogen and oxygen atoms in total. The van der Waals surface area contributed by atoms with Gasteiger partial charge in [-0.25, -0.2) is 4.79 Å². The van der Waals surface area contributed by atoms with Gasteiger partial charge >= 0.3 is 12.1 Å². The summed E-state index contributed by atoms with van der Waals surface area (Å²) in [6.07, 6.45) is -3.41. The van der Waals surface area contributed by atoms with E-state index in [4.69, 9.17) is 10.5 Å². The largest absolute Gasteiger partial charge is 0.462 e. The van der Waals surface area contributed by atoms with E-state index in [1.165, 1.54) is 12.1 Å². The standard InChI is InChI=1S/C20H16F3N3O3/c1-2-29-19(28)14-10-25-16-9-11(20(21,22)23)7-8-12(16)17(14)26-15-6-4-3-5-13(15)18(24)27/h3-10H,2H2,1H3,(H2,24,27)(H,25,26). The van der Waals surface area contributed by atoms with Crippen molar-refractivity contribution in [2.24, 2.45) is 5.73 Å². The maximum absolute atomic E-state index is 13.0. The number of pyridine rings is 1. The number of benzene rings is 2. The van der Waals surface area contributed by atoms with Crippen LogP contribution in [0.5, 0.6) is 0 Å². The van der Waals surface area contributed by atoms with Gasteiger partial charge in [0.2, 0.25) is 0 Å². The smallest absolute Gasteiger partial charge is 0.416 e. The molecule has 0 aliphatic heterocycles. The predicted molar refractivity (Wildman–Crippen MR) is 101 cm³/mol. The van der Waals surface area contributed by atoms with Gasteiger partial charge in [-0.2, -0.15) is 13.2 Å². The van der Waals surface area contributed by atoms with E-state index < -0.39 is 23.6 Å². The summed E-state index contributed by atoms with van der Waals surface area (Å²) in [5.74, 6) is -1.41. The van der Waals surface area contributed by atoms with Crippen LogP contribution in [0.2, 0.25) is 0 Å². The molecule has 0 radical (unpaired) electrons. The number of nitrogens with zero attached hydrogens (tertiary/aromatic N) is 1. The number of rotatable bonds is 5. The zero-order valence-electron chi connectivity index (χ0n) is 15.2. The third kappa shape index (κ3) is 4.13. The Kier molecular flexibility index (Phi) is 5.40. The molecule has 3 N–H and O–H groups in total. The molecule has 1 aromatic heterocycles. The molecule has 0 spiro atoms. The van der Waals surface area contributed by atoms with Crippen molar-refractivity contribution in [3.8, 4) is 0 Å². The number of hydrogen-bond donors (Lipinski definition) is 2. The molecule has 0 bridgehead atoms. The Labute approximate surface area is 163 Å². The fourth-order valence-electron chi connectivity index (χ4n) is 2.81. The number of primary amides is 1. The highest BCUT2D eigenvalue weighted by Gasteiger charge is 2.31. The first kappa shape index (κ1) is 20.1. The van der Waals surface area contributed by atoms with Crippen molar-refractivity contribution in [2.75, 3.05) is 11.9 Å². The van der Waals surface area contributed by atoms with Crippen LogP contribution in [0.4, 0.5) is 24.5 Å². The lowest BCUT2D eigenvalue weighted by molar-refractivity contribution is -0.137. The number of hydrogen-bond acceptors (Lipinski definition) is 5. The number of alkyl halides is 3. The summed E-state index contributed by atoms with van der Waals surface area (Å²) in [7, 11) is 0.